The van der Waals surface area contributed by atoms with Crippen LogP contribution in [0.25, 0.3) is 0 Å². The van der Waals surface area contributed by atoms with Crippen LogP contribution in [0.4, 0.5) is 20.2 Å². The molecular weight excluding hydrogens is 469 g/mol. The molecule has 0 heterocycles. The Balaban J connectivity index is 2.26. The summed E-state index contributed by atoms with van der Waals surface area (Å²) in [5.41, 5.74) is 2.64. The van der Waals surface area contributed by atoms with E-state index in [1.165, 1.54) is 6.07 Å². The maximum atomic E-state index is 14.4. The number of rotatable bonds is 7. The van der Waals surface area contributed by atoms with Gasteiger partial charge in [0.1, 0.15) is 0 Å². The molecule has 27 heavy (non-hydrogen) atoms. The quantitative estimate of drug-likeness (QED) is 0.400. The number of aliphatic hydroxyl groups excluding tert-OH is 1. The minimum absolute atomic E-state index is 0.0535. The van der Waals surface area contributed by atoms with Crippen LogP contribution in [0.3, 0.4) is 0 Å². The Hall–Kier alpha value is -1.78. The third-order valence-electron chi connectivity index (χ3n) is 3.84. The lowest BCUT2D eigenvalue weighted by atomic mass is 9.97. The SMILES string of the molecule is Cc1cc(I)ccc1Nc1c(C(=O)NOCC(C)(C)CO)ccc(F)c1F. The fraction of sp³-hybridized carbons (Fsp3) is 0.316. The predicted octanol–water partition coefficient (Wildman–Crippen LogP) is 4.30. The molecule has 146 valence electrons. The summed E-state index contributed by atoms with van der Waals surface area (Å²) in [6.07, 6.45) is 0. The van der Waals surface area contributed by atoms with E-state index in [4.69, 9.17) is 4.84 Å². The van der Waals surface area contributed by atoms with Crippen LogP contribution >= 0.6 is 22.6 Å². The fourth-order valence-corrected chi connectivity index (χ4v) is 2.81. The van der Waals surface area contributed by atoms with Gasteiger partial charge in [0.05, 0.1) is 24.5 Å². The zero-order chi connectivity index (χ0) is 20.2. The van der Waals surface area contributed by atoms with Gasteiger partial charge in [-0.05, 0) is 65.4 Å². The summed E-state index contributed by atoms with van der Waals surface area (Å²) in [6, 6.07) is 7.47. The molecule has 0 aliphatic carbocycles. The van der Waals surface area contributed by atoms with Gasteiger partial charge in [-0.15, -0.1) is 0 Å². The number of hydroxylamine groups is 1. The molecule has 0 atom stereocenters. The Kier molecular flexibility index (Phi) is 7.12. The maximum Gasteiger partial charge on any atom is 0.277 e. The average Bonchev–Trinajstić information content (AvgIpc) is 2.60. The monoisotopic (exact) mass is 490 g/mol. The summed E-state index contributed by atoms with van der Waals surface area (Å²) in [4.78, 5) is 17.5. The predicted molar refractivity (Wildman–Crippen MR) is 108 cm³/mol. The first-order valence-corrected chi connectivity index (χ1v) is 9.26. The molecule has 2 rings (SSSR count). The Bertz CT molecular complexity index is 844. The number of amides is 1. The second kappa shape index (κ2) is 8.94. The largest absolute Gasteiger partial charge is 0.396 e. The van der Waals surface area contributed by atoms with Crippen molar-refractivity contribution in [1.29, 1.82) is 0 Å². The first-order valence-electron chi connectivity index (χ1n) is 8.19. The van der Waals surface area contributed by atoms with Crippen LogP contribution in [0.1, 0.15) is 29.8 Å². The van der Waals surface area contributed by atoms with E-state index in [0.717, 1.165) is 15.2 Å². The van der Waals surface area contributed by atoms with Crippen molar-refractivity contribution in [3.63, 3.8) is 0 Å². The number of carbonyl (C=O) groups excluding carboxylic acids is 1. The van der Waals surface area contributed by atoms with E-state index < -0.39 is 23.0 Å². The first kappa shape index (κ1) is 21.5. The van der Waals surface area contributed by atoms with E-state index in [1.54, 1.807) is 19.9 Å². The van der Waals surface area contributed by atoms with Crippen molar-refractivity contribution < 1.29 is 23.5 Å². The first-order chi connectivity index (χ1) is 12.6. The van der Waals surface area contributed by atoms with Gasteiger partial charge in [0.25, 0.3) is 5.91 Å². The zero-order valence-corrected chi connectivity index (χ0v) is 17.4. The summed E-state index contributed by atoms with van der Waals surface area (Å²) >= 11 is 2.15. The molecule has 8 heteroatoms. The highest BCUT2D eigenvalue weighted by atomic mass is 127. The van der Waals surface area contributed by atoms with Gasteiger partial charge < -0.3 is 10.4 Å². The van der Waals surface area contributed by atoms with E-state index >= 15 is 0 Å². The Morgan fingerprint density at radius 3 is 2.59 bits per heavy atom. The molecule has 0 radical (unpaired) electrons. The number of benzene rings is 2. The molecule has 2 aromatic rings. The van der Waals surface area contributed by atoms with Crippen molar-refractivity contribution in [2.45, 2.75) is 20.8 Å². The number of carbonyl (C=O) groups is 1. The summed E-state index contributed by atoms with van der Waals surface area (Å²) in [7, 11) is 0. The molecule has 0 bridgehead atoms. The molecule has 5 nitrogen and oxygen atoms in total. The van der Waals surface area contributed by atoms with Gasteiger partial charge in [-0.3, -0.25) is 9.63 Å². The number of aryl methyl sites for hydroxylation is 1. The maximum absolute atomic E-state index is 14.4. The number of hydrogen-bond donors (Lipinski definition) is 3. The highest BCUT2D eigenvalue weighted by Crippen LogP contribution is 2.29. The molecule has 2 aromatic carbocycles. The lowest BCUT2D eigenvalue weighted by Crippen LogP contribution is -2.32. The Morgan fingerprint density at radius 2 is 1.96 bits per heavy atom. The van der Waals surface area contributed by atoms with Crippen LogP contribution < -0.4 is 10.8 Å². The average molecular weight is 490 g/mol. The van der Waals surface area contributed by atoms with Gasteiger partial charge >= 0.3 is 0 Å². The van der Waals surface area contributed by atoms with Crippen LogP contribution in [-0.4, -0.2) is 24.2 Å². The van der Waals surface area contributed by atoms with Crippen molar-refractivity contribution in [3.05, 3.63) is 56.7 Å². The van der Waals surface area contributed by atoms with Gasteiger partial charge in [-0.1, -0.05) is 13.8 Å². The minimum Gasteiger partial charge on any atom is -0.396 e. The van der Waals surface area contributed by atoms with Crippen LogP contribution in [0, 0.1) is 27.5 Å². The third-order valence-corrected chi connectivity index (χ3v) is 4.51. The lowest BCUT2D eigenvalue weighted by molar-refractivity contribution is -0.0197. The van der Waals surface area contributed by atoms with Crippen LogP contribution in [0.5, 0.6) is 0 Å². The smallest absolute Gasteiger partial charge is 0.277 e. The highest BCUT2D eigenvalue weighted by molar-refractivity contribution is 14.1. The molecule has 1 amide bonds. The van der Waals surface area contributed by atoms with Crippen LogP contribution in [0.15, 0.2) is 30.3 Å². The van der Waals surface area contributed by atoms with Gasteiger partial charge in [0, 0.05) is 14.7 Å². The molecule has 0 saturated heterocycles. The van der Waals surface area contributed by atoms with Crippen molar-refractivity contribution in [1.82, 2.24) is 5.48 Å². The van der Waals surface area contributed by atoms with E-state index in [0.29, 0.717) is 5.69 Å². The molecule has 0 aromatic heterocycles. The van der Waals surface area contributed by atoms with Gasteiger partial charge in [0.2, 0.25) is 0 Å². The second-order valence-corrected chi connectivity index (χ2v) is 8.16. The summed E-state index contributed by atoms with van der Waals surface area (Å²) in [6.45, 7) is 5.25. The van der Waals surface area contributed by atoms with Crippen molar-refractivity contribution in [3.8, 4) is 0 Å². The number of nitrogens with one attached hydrogen (secondary N) is 2. The lowest BCUT2D eigenvalue weighted by Gasteiger charge is -2.21. The molecule has 0 aliphatic rings. The van der Waals surface area contributed by atoms with Gasteiger partial charge in [-0.2, -0.15) is 0 Å². The number of aliphatic hydroxyl groups is 1. The third kappa shape index (κ3) is 5.60. The number of hydrogen-bond acceptors (Lipinski definition) is 4. The summed E-state index contributed by atoms with van der Waals surface area (Å²) in [5, 5.41) is 12.0. The topological polar surface area (TPSA) is 70.6 Å². The number of anilines is 2. The van der Waals surface area contributed by atoms with E-state index in [9.17, 15) is 18.7 Å². The van der Waals surface area contributed by atoms with E-state index in [1.807, 2.05) is 19.1 Å². The van der Waals surface area contributed by atoms with Gasteiger partial charge in [-0.25, -0.2) is 14.3 Å². The van der Waals surface area contributed by atoms with Crippen molar-refractivity contribution in [2.75, 3.05) is 18.5 Å². The molecule has 0 aliphatic heterocycles. The highest BCUT2D eigenvalue weighted by Gasteiger charge is 2.21. The van der Waals surface area contributed by atoms with Gasteiger partial charge in [0.15, 0.2) is 11.6 Å². The molecule has 0 fully saturated rings. The zero-order valence-electron chi connectivity index (χ0n) is 15.2. The molecule has 0 unspecified atom stereocenters. The number of halogens is 3. The molecular formula is C19H21F2IN2O3. The van der Waals surface area contributed by atoms with Crippen LogP contribution in [0.2, 0.25) is 0 Å². The second-order valence-electron chi connectivity index (χ2n) is 6.91. The summed E-state index contributed by atoms with van der Waals surface area (Å²) in [5.74, 6) is -2.95. The summed E-state index contributed by atoms with van der Waals surface area (Å²) < 4.78 is 29.1. The van der Waals surface area contributed by atoms with E-state index in [-0.39, 0.29) is 24.5 Å². The standard InChI is InChI=1S/C19H21F2IN2O3/c1-11-8-12(22)4-7-15(11)23-17-13(5-6-14(20)16(17)21)18(26)24-27-10-19(2,3)9-25/h4-8,23,25H,9-10H2,1-3H3,(H,24,26). The molecule has 0 spiro atoms. The fourth-order valence-electron chi connectivity index (χ4n) is 2.16. The minimum atomic E-state index is -1.16. The Labute approximate surface area is 170 Å². The Morgan fingerprint density at radius 1 is 1.26 bits per heavy atom. The normalized spacial score (nSPS) is 11.4. The molecule has 3 N–H and O–H groups in total. The van der Waals surface area contributed by atoms with Crippen molar-refractivity contribution >= 4 is 39.9 Å². The van der Waals surface area contributed by atoms with Crippen molar-refractivity contribution in [2.24, 2.45) is 5.41 Å². The van der Waals surface area contributed by atoms with Crippen LogP contribution in [-0.2, 0) is 4.84 Å². The molecule has 0 saturated carbocycles. The van der Waals surface area contributed by atoms with E-state index in [2.05, 4.69) is 33.4 Å².